The van der Waals surface area contributed by atoms with Gasteiger partial charge in [0, 0.05) is 0 Å². The van der Waals surface area contributed by atoms with Crippen LogP contribution in [0.3, 0.4) is 0 Å². The number of carbonyl (C=O) groups is 2. The summed E-state index contributed by atoms with van der Waals surface area (Å²) in [6.45, 7) is 4.94. The molecule has 0 heterocycles. The number of nitrogens with two attached hydrogens (primary N) is 1. The van der Waals surface area contributed by atoms with E-state index in [4.69, 9.17) is 15.9 Å². The van der Waals surface area contributed by atoms with E-state index in [1.807, 2.05) is 6.92 Å². The average Bonchev–Trinajstić information content (AvgIpc) is 2.22. The molecule has 4 atom stereocenters. The Morgan fingerprint density at radius 1 is 1.38 bits per heavy atom. The molecule has 1 unspecified atom stereocenters. The van der Waals surface area contributed by atoms with Crippen molar-refractivity contribution in [1.29, 1.82) is 0 Å². The molecule has 0 bridgehead atoms. The third-order valence-electron chi connectivity index (χ3n) is 2.60. The predicted molar refractivity (Wildman–Crippen MR) is 58.7 cm³/mol. The quantitative estimate of drug-likeness (QED) is 0.484. The average molecular weight is 232 g/mol. The molecular weight excluding hydrogens is 212 g/mol. The molecule has 0 aliphatic carbocycles. The highest BCUT2D eigenvalue weighted by Gasteiger charge is 2.28. The zero-order valence-electron chi connectivity index (χ0n) is 9.80. The van der Waals surface area contributed by atoms with Crippen LogP contribution < -0.4 is 11.1 Å². The Labute approximate surface area is 94.8 Å². The molecule has 0 aliphatic heterocycles. The third-order valence-corrected chi connectivity index (χ3v) is 2.60. The number of nitrogens with one attached hydrogen (secondary N) is 1. The highest BCUT2D eigenvalue weighted by molar-refractivity contribution is 5.87. The summed E-state index contributed by atoms with van der Waals surface area (Å²) in [5, 5.41) is 20.4. The first-order valence-corrected chi connectivity index (χ1v) is 5.28. The molecule has 0 saturated heterocycles. The van der Waals surface area contributed by atoms with E-state index in [9.17, 15) is 9.59 Å². The summed E-state index contributed by atoms with van der Waals surface area (Å²) in [5.41, 5.74) is 5.40. The molecule has 0 radical (unpaired) electrons. The minimum atomic E-state index is -1.11. The van der Waals surface area contributed by atoms with Crippen LogP contribution in [0, 0.1) is 5.92 Å². The number of aliphatic hydroxyl groups is 1. The van der Waals surface area contributed by atoms with Crippen molar-refractivity contribution in [2.24, 2.45) is 11.7 Å². The Balaban J connectivity index is 4.52. The summed E-state index contributed by atoms with van der Waals surface area (Å²) in [4.78, 5) is 22.4. The molecule has 6 nitrogen and oxygen atoms in total. The zero-order chi connectivity index (χ0) is 12.9. The summed E-state index contributed by atoms with van der Waals surface area (Å²) >= 11 is 0. The maximum Gasteiger partial charge on any atom is 0.326 e. The van der Waals surface area contributed by atoms with Gasteiger partial charge in [-0.2, -0.15) is 0 Å². The van der Waals surface area contributed by atoms with Gasteiger partial charge in [-0.1, -0.05) is 20.3 Å². The Morgan fingerprint density at radius 2 is 1.88 bits per heavy atom. The SMILES string of the molecule is CC[C@@H](C)[C@@H](NC(=O)[C@@H](N)C(C)O)C(=O)O. The van der Waals surface area contributed by atoms with Crippen molar-refractivity contribution in [3.05, 3.63) is 0 Å². The number of amides is 1. The lowest BCUT2D eigenvalue weighted by atomic mass is 9.98. The van der Waals surface area contributed by atoms with E-state index < -0.39 is 30.1 Å². The topological polar surface area (TPSA) is 113 Å². The van der Waals surface area contributed by atoms with E-state index in [1.165, 1.54) is 6.92 Å². The van der Waals surface area contributed by atoms with Gasteiger partial charge in [-0.05, 0) is 12.8 Å². The second-order valence-corrected chi connectivity index (χ2v) is 3.98. The molecule has 6 heteroatoms. The minimum absolute atomic E-state index is 0.192. The molecule has 0 rings (SSSR count). The van der Waals surface area contributed by atoms with Crippen LogP contribution in [0.4, 0.5) is 0 Å². The number of aliphatic carboxylic acids is 1. The first-order valence-electron chi connectivity index (χ1n) is 5.28. The second kappa shape index (κ2) is 6.44. The number of carboxylic acid groups (broad SMARTS) is 1. The van der Waals surface area contributed by atoms with Gasteiger partial charge in [0.25, 0.3) is 0 Å². The lowest BCUT2D eigenvalue weighted by molar-refractivity contribution is -0.143. The van der Waals surface area contributed by atoms with Gasteiger partial charge in [0.05, 0.1) is 6.10 Å². The Morgan fingerprint density at radius 3 is 2.19 bits per heavy atom. The highest BCUT2D eigenvalue weighted by atomic mass is 16.4. The highest BCUT2D eigenvalue weighted by Crippen LogP contribution is 2.08. The summed E-state index contributed by atoms with van der Waals surface area (Å²) < 4.78 is 0. The standard InChI is InChI=1S/C10H20N2O4/c1-4-5(2)8(10(15)16)12-9(14)7(11)6(3)13/h5-8,13H,4,11H2,1-3H3,(H,12,14)(H,15,16)/t5-,6?,7+,8-/m1/s1. The smallest absolute Gasteiger partial charge is 0.326 e. The molecule has 0 aromatic rings. The van der Waals surface area contributed by atoms with Crippen LogP contribution in [0.25, 0.3) is 0 Å². The fourth-order valence-electron chi connectivity index (χ4n) is 1.15. The number of hydrogen-bond acceptors (Lipinski definition) is 4. The normalized spacial score (nSPS) is 18.3. The maximum absolute atomic E-state index is 11.5. The monoisotopic (exact) mass is 232 g/mol. The van der Waals surface area contributed by atoms with Crippen molar-refractivity contribution in [1.82, 2.24) is 5.32 Å². The van der Waals surface area contributed by atoms with Gasteiger partial charge in [-0.3, -0.25) is 4.79 Å². The molecule has 94 valence electrons. The van der Waals surface area contributed by atoms with Crippen LogP contribution in [0.15, 0.2) is 0 Å². The summed E-state index contributed by atoms with van der Waals surface area (Å²) in [6, 6.07) is -2.08. The number of carboxylic acids is 1. The fourth-order valence-corrected chi connectivity index (χ4v) is 1.15. The van der Waals surface area contributed by atoms with Gasteiger partial charge in [-0.25, -0.2) is 4.79 Å². The van der Waals surface area contributed by atoms with Gasteiger partial charge in [0.1, 0.15) is 12.1 Å². The van der Waals surface area contributed by atoms with Crippen LogP contribution in [0.2, 0.25) is 0 Å². The van der Waals surface area contributed by atoms with E-state index in [0.717, 1.165) is 0 Å². The van der Waals surface area contributed by atoms with Gasteiger partial charge >= 0.3 is 5.97 Å². The Bertz CT molecular complexity index is 255. The van der Waals surface area contributed by atoms with E-state index >= 15 is 0 Å². The zero-order valence-corrected chi connectivity index (χ0v) is 9.80. The van der Waals surface area contributed by atoms with Crippen molar-refractivity contribution >= 4 is 11.9 Å². The number of hydrogen-bond donors (Lipinski definition) is 4. The van der Waals surface area contributed by atoms with E-state index in [1.54, 1.807) is 6.92 Å². The van der Waals surface area contributed by atoms with Gasteiger partial charge in [-0.15, -0.1) is 0 Å². The van der Waals surface area contributed by atoms with Gasteiger partial charge in [0.15, 0.2) is 0 Å². The van der Waals surface area contributed by atoms with Gasteiger partial charge < -0.3 is 21.3 Å². The molecule has 1 amide bonds. The van der Waals surface area contributed by atoms with Crippen LogP contribution in [0.1, 0.15) is 27.2 Å². The van der Waals surface area contributed by atoms with Crippen LogP contribution in [-0.2, 0) is 9.59 Å². The van der Waals surface area contributed by atoms with Crippen LogP contribution in [-0.4, -0.2) is 40.3 Å². The lowest BCUT2D eigenvalue weighted by Gasteiger charge is -2.23. The number of aliphatic hydroxyl groups excluding tert-OH is 1. The van der Waals surface area contributed by atoms with Crippen molar-refractivity contribution in [3.8, 4) is 0 Å². The summed E-state index contributed by atoms with van der Waals surface area (Å²) in [5.74, 6) is -1.94. The summed E-state index contributed by atoms with van der Waals surface area (Å²) in [7, 11) is 0. The molecule has 16 heavy (non-hydrogen) atoms. The molecule has 0 saturated carbocycles. The largest absolute Gasteiger partial charge is 0.480 e. The van der Waals surface area contributed by atoms with Crippen LogP contribution >= 0.6 is 0 Å². The van der Waals surface area contributed by atoms with E-state index in [2.05, 4.69) is 5.32 Å². The Kier molecular flexibility index (Phi) is 5.98. The first-order chi connectivity index (χ1) is 7.31. The van der Waals surface area contributed by atoms with Gasteiger partial charge in [0.2, 0.25) is 5.91 Å². The molecule has 0 aliphatic rings. The maximum atomic E-state index is 11.5. The molecule has 0 fully saturated rings. The third kappa shape index (κ3) is 4.16. The van der Waals surface area contributed by atoms with E-state index in [-0.39, 0.29) is 5.92 Å². The molecule has 0 aromatic heterocycles. The fraction of sp³-hybridized carbons (Fsp3) is 0.800. The van der Waals surface area contributed by atoms with Crippen molar-refractivity contribution in [2.45, 2.75) is 45.4 Å². The first kappa shape index (κ1) is 14.9. The molecular formula is C10H20N2O4. The molecule has 0 spiro atoms. The predicted octanol–water partition coefficient (Wildman–Crippen LogP) is -0.690. The van der Waals surface area contributed by atoms with Crippen molar-refractivity contribution in [2.75, 3.05) is 0 Å². The minimum Gasteiger partial charge on any atom is -0.480 e. The lowest BCUT2D eigenvalue weighted by Crippen LogP contribution is -2.54. The molecule has 5 N–H and O–H groups in total. The number of carbonyl (C=O) groups excluding carboxylic acids is 1. The van der Waals surface area contributed by atoms with Crippen molar-refractivity contribution in [3.63, 3.8) is 0 Å². The van der Waals surface area contributed by atoms with Crippen molar-refractivity contribution < 1.29 is 19.8 Å². The second-order valence-electron chi connectivity index (χ2n) is 3.98. The summed E-state index contributed by atoms with van der Waals surface area (Å²) in [6.07, 6.45) is -0.382. The van der Waals surface area contributed by atoms with E-state index in [0.29, 0.717) is 6.42 Å². The van der Waals surface area contributed by atoms with Crippen LogP contribution in [0.5, 0.6) is 0 Å². The number of rotatable bonds is 6. The molecule has 0 aromatic carbocycles. The Hall–Kier alpha value is -1.14.